The van der Waals surface area contributed by atoms with E-state index in [1.165, 1.54) is 4.31 Å². The number of hydrogen-bond acceptors (Lipinski definition) is 3. The minimum absolute atomic E-state index is 0.171. The van der Waals surface area contributed by atoms with Gasteiger partial charge in [0.1, 0.15) is 0 Å². The predicted octanol–water partition coefficient (Wildman–Crippen LogP) is 2.22. The van der Waals surface area contributed by atoms with Crippen molar-refractivity contribution in [3.63, 3.8) is 0 Å². The van der Waals surface area contributed by atoms with Gasteiger partial charge in [-0.15, -0.1) is 11.6 Å². The molecule has 0 bridgehead atoms. The summed E-state index contributed by atoms with van der Waals surface area (Å²) < 4.78 is 31.6. The first-order valence-electron chi connectivity index (χ1n) is 6.26. The average molecular weight is 304 g/mol. The molecule has 1 aromatic rings. The molecule has 0 aromatic heterocycles. The van der Waals surface area contributed by atoms with Crippen molar-refractivity contribution >= 4 is 21.6 Å². The van der Waals surface area contributed by atoms with Gasteiger partial charge in [-0.3, -0.25) is 0 Å². The van der Waals surface area contributed by atoms with Crippen molar-refractivity contribution in [3.8, 4) is 0 Å². The van der Waals surface area contributed by atoms with Crippen molar-refractivity contribution in [3.05, 3.63) is 29.8 Å². The van der Waals surface area contributed by atoms with E-state index in [9.17, 15) is 8.42 Å². The summed E-state index contributed by atoms with van der Waals surface area (Å²) in [5.74, 6) is 0.388. The van der Waals surface area contributed by atoms with E-state index in [0.717, 1.165) is 18.4 Å². The zero-order valence-corrected chi connectivity index (χ0v) is 12.5. The van der Waals surface area contributed by atoms with Crippen LogP contribution in [0.5, 0.6) is 0 Å². The number of sulfonamides is 1. The molecule has 19 heavy (non-hydrogen) atoms. The summed E-state index contributed by atoms with van der Waals surface area (Å²) in [6.45, 7) is 1.02. The van der Waals surface area contributed by atoms with Crippen LogP contribution in [0.25, 0.3) is 0 Å². The highest BCUT2D eigenvalue weighted by molar-refractivity contribution is 7.89. The SMILES string of the molecule is COC1CCN(S(=O)(=O)c2ccc(CCl)cc2)CC1. The van der Waals surface area contributed by atoms with Crippen LogP contribution in [0.3, 0.4) is 0 Å². The van der Waals surface area contributed by atoms with Crippen LogP contribution in [-0.4, -0.2) is 39.0 Å². The molecule has 0 unspecified atom stereocenters. The first-order chi connectivity index (χ1) is 9.07. The van der Waals surface area contributed by atoms with E-state index in [2.05, 4.69) is 0 Å². The van der Waals surface area contributed by atoms with Crippen molar-refractivity contribution < 1.29 is 13.2 Å². The number of alkyl halides is 1. The van der Waals surface area contributed by atoms with E-state index < -0.39 is 10.0 Å². The standard InChI is InChI=1S/C13H18ClNO3S/c1-18-12-6-8-15(9-7-12)19(16,17)13-4-2-11(10-14)3-5-13/h2-5,12H,6-10H2,1H3. The number of halogens is 1. The lowest BCUT2D eigenvalue weighted by atomic mass is 10.1. The Morgan fingerprint density at radius 1 is 1.26 bits per heavy atom. The molecule has 0 atom stereocenters. The molecule has 1 aliphatic heterocycles. The highest BCUT2D eigenvalue weighted by Crippen LogP contribution is 2.22. The molecule has 106 valence electrons. The maximum absolute atomic E-state index is 12.4. The molecule has 1 heterocycles. The van der Waals surface area contributed by atoms with Crippen LogP contribution < -0.4 is 0 Å². The van der Waals surface area contributed by atoms with Gasteiger partial charge in [-0.05, 0) is 30.5 Å². The fourth-order valence-electron chi connectivity index (χ4n) is 2.21. The van der Waals surface area contributed by atoms with Gasteiger partial charge in [-0.1, -0.05) is 12.1 Å². The van der Waals surface area contributed by atoms with E-state index in [1.54, 1.807) is 31.4 Å². The topological polar surface area (TPSA) is 46.6 Å². The van der Waals surface area contributed by atoms with E-state index in [0.29, 0.717) is 23.9 Å². The van der Waals surface area contributed by atoms with E-state index in [4.69, 9.17) is 16.3 Å². The molecule has 0 saturated carbocycles. The molecule has 0 amide bonds. The third-order valence-electron chi connectivity index (χ3n) is 3.45. The smallest absolute Gasteiger partial charge is 0.243 e. The minimum Gasteiger partial charge on any atom is -0.381 e. The fraction of sp³-hybridized carbons (Fsp3) is 0.538. The van der Waals surface area contributed by atoms with Crippen LogP contribution >= 0.6 is 11.6 Å². The summed E-state index contributed by atoms with van der Waals surface area (Å²) in [5.41, 5.74) is 0.915. The van der Waals surface area contributed by atoms with Gasteiger partial charge in [0.05, 0.1) is 11.0 Å². The van der Waals surface area contributed by atoms with Crippen molar-refractivity contribution in [1.29, 1.82) is 0 Å². The van der Waals surface area contributed by atoms with Gasteiger partial charge in [-0.2, -0.15) is 4.31 Å². The Balaban J connectivity index is 2.13. The summed E-state index contributed by atoms with van der Waals surface area (Å²) in [6.07, 6.45) is 1.66. The van der Waals surface area contributed by atoms with Gasteiger partial charge in [-0.25, -0.2) is 8.42 Å². The molecule has 4 nitrogen and oxygen atoms in total. The summed E-state index contributed by atoms with van der Waals surface area (Å²) in [6, 6.07) is 6.74. The van der Waals surface area contributed by atoms with Gasteiger partial charge < -0.3 is 4.74 Å². The molecule has 1 fully saturated rings. The number of piperidine rings is 1. The normalized spacial score (nSPS) is 18.6. The van der Waals surface area contributed by atoms with Gasteiger partial charge in [0.2, 0.25) is 10.0 Å². The quantitative estimate of drug-likeness (QED) is 0.801. The van der Waals surface area contributed by atoms with Gasteiger partial charge >= 0.3 is 0 Å². The van der Waals surface area contributed by atoms with Crippen LogP contribution in [0.4, 0.5) is 0 Å². The lowest BCUT2D eigenvalue weighted by Gasteiger charge is -2.30. The highest BCUT2D eigenvalue weighted by atomic mass is 35.5. The molecule has 0 radical (unpaired) electrons. The molecule has 1 aliphatic rings. The summed E-state index contributed by atoms with van der Waals surface area (Å²) >= 11 is 5.70. The summed E-state index contributed by atoms with van der Waals surface area (Å²) in [7, 11) is -1.72. The Hall–Kier alpha value is -0.620. The first kappa shape index (κ1) is 14.8. The van der Waals surface area contributed by atoms with E-state index in [-0.39, 0.29) is 6.10 Å². The van der Waals surface area contributed by atoms with Crippen molar-refractivity contribution in [2.24, 2.45) is 0 Å². The Kier molecular flexibility index (Phi) is 4.84. The fourth-order valence-corrected chi connectivity index (χ4v) is 3.86. The molecule has 1 saturated heterocycles. The molecule has 6 heteroatoms. The summed E-state index contributed by atoms with van der Waals surface area (Å²) in [5, 5.41) is 0. The number of methoxy groups -OCH3 is 1. The Bertz CT molecular complexity index is 507. The molecular weight excluding hydrogens is 286 g/mol. The Morgan fingerprint density at radius 2 is 1.84 bits per heavy atom. The zero-order valence-electron chi connectivity index (χ0n) is 10.9. The number of ether oxygens (including phenoxy) is 1. The van der Waals surface area contributed by atoms with Crippen LogP contribution in [0.15, 0.2) is 29.2 Å². The number of rotatable bonds is 4. The first-order valence-corrected chi connectivity index (χ1v) is 8.23. The molecule has 0 spiro atoms. The molecule has 0 aliphatic carbocycles. The van der Waals surface area contributed by atoms with Crippen LogP contribution in [0, 0.1) is 0 Å². The lowest BCUT2D eigenvalue weighted by Crippen LogP contribution is -2.40. The van der Waals surface area contributed by atoms with Crippen LogP contribution in [0.2, 0.25) is 0 Å². The largest absolute Gasteiger partial charge is 0.381 e. The number of nitrogens with zero attached hydrogens (tertiary/aromatic N) is 1. The van der Waals surface area contributed by atoms with Crippen molar-refractivity contribution in [1.82, 2.24) is 4.31 Å². The second kappa shape index (κ2) is 6.22. The molecule has 0 N–H and O–H groups in total. The number of hydrogen-bond donors (Lipinski definition) is 0. The van der Waals surface area contributed by atoms with Crippen LogP contribution in [0.1, 0.15) is 18.4 Å². The monoisotopic (exact) mass is 303 g/mol. The third-order valence-corrected chi connectivity index (χ3v) is 5.67. The van der Waals surface area contributed by atoms with Crippen LogP contribution in [-0.2, 0) is 20.6 Å². The Morgan fingerprint density at radius 3 is 2.32 bits per heavy atom. The molecule has 1 aromatic carbocycles. The zero-order chi connectivity index (χ0) is 13.9. The summed E-state index contributed by atoms with van der Waals surface area (Å²) in [4.78, 5) is 0.331. The average Bonchev–Trinajstić information content (AvgIpc) is 2.47. The minimum atomic E-state index is -3.38. The predicted molar refractivity (Wildman–Crippen MR) is 74.8 cm³/mol. The van der Waals surface area contributed by atoms with Gasteiger partial charge in [0, 0.05) is 26.1 Å². The third kappa shape index (κ3) is 3.28. The maximum atomic E-state index is 12.4. The second-order valence-electron chi connectivity index (χ2n) is 4.62. The highest BCUT2D eigenvalue weighted by Gasteiger charge is 2.29. The van der Waals surface area contributed by atoms with E-state index in [1.807, 2.05) is 0 Å². The number of benzene rings is 1. The van der Waals surface area contributed by atoms with Gasteiger partial charge in [0.25, 0.3) is 0 Å². The second-order valence-corrected chi connectivity index (χ2v) is 6.82. The molecule has 2 rings (SSSR count). The van der Waals surface area contributed by atoms with Crippen molar-refractivity contribution in [2.45, 2.75) is 29.7 Å². The van der Waals surface area contributed by atoms with Crippen molar-refractivity contribution in [2.75, 3.05) is 20.2 Å². The lowest BCUT2D eigenvalue weighted by molar-refractivity contribution is 0.0604. The van der Waals surface area contributed by atoms with Gasteiger partial charge in [0.15, 0.2) is 0 Å². The Labute approximate surface area is 119 Å². The maximum Gasteiger partial charge on any atom is 0.243 e. The molecular formula is C13H18ClNO3S. The van der Waals surface area contributed by atoms with E-state index >= 15 is 0 Å².